The second-order valence-corrected chi connectivity index (χ2v) is 6.62. The van der Waals surface area contributed by atoms with Gasteiger partial charge < -0.3 is 4.74 Å². The number of nitrogens with one attached hydrogen (secondary N) is 1. The lowest BCUT2D eigenvalue weighted by Crippen LogP contribution is -2.07. The predicted molar refractivity (Wildman–Crippen MR) is 107 cm³/mol. The first-order valence-electron chi connectivity index (χ1n) is 8.32. The first kappa shape index (κ1) is 18.5. The molecule has 136 valence electrons. The van der Waals surface area contributed by atoms with Crippen LogP contribution in [0.4, 0.5) is 5.13 Å². The lowest BCUT2D eigenvalue weighted by Gasteiger charge is -2.06. The minimum atomic E-state index is -0.302. The highest BCUT2D eigenvalue weighted by Crippen LogP contribution is 2.17. The fraction of sp³-hybridized carbons (Fsp3) is 0.0952. The zero-order valence-electron chi connectivity index (χ0n) is 14.7. The molecular weight excluding hydrogens is 360 g/mol. The molecule has 0 fully saturated rings. The van der Waals surface area contributed by atoms with Crippen LogP contribution in [0.15, 0.2) is 66.1 Å². The number of hydrogen-bond acceptors (Lipinski definition) is 5. The van der Waals surface area contributed by atoms with Crippen LogP contribution in [0.3, 0.4) is 0 Å². The number of nitrogens with zero attached hydrogens (tertiary/aromatic N) is 1. The largest absolute Gasteiger partial charge is 0.489 e. The van der Waals surface area contributed by atoms with Crippen molar-refractivity contribution in [2.75, 3.05) is 5.32 Å². The molecule has 6 heteroatoms. The maximum atomic E-state index is 12.0. The van der Waals surface area contributed by atoms with Crippen molar-refractivity contribution in [2.24, 2.45) is 0 Å². The molecular formula is C21H18N2O3S. The summed E-state index contributed by atoms with van der Waals surface area (Å²) >= 11 is 1.22. The van der Waals surface area contributed by atoms with Crippen molar-refractivity contribution in [1.29, 1.82) is 0 Å². The number of rotatable bonds is 7. The van der Waals surface area contributed by atoms with Crippen molar-refractivity contribution in [3.63, 3.8) is 0 Å². The maximum absolute atomic E-state index is 12.0. The summed E-state index contributed by atoms with van der Waals surface area (Å²) in [6.45, 7) is 1.95. The summed E-state index contributed by atoms with van der Waals surface area (Å²) in [5.74, 6) is 0.334. The van der Waals surface area contributed by atoms with Crippen molar-refractivity contribution in [1.82, 2.24) is 4.98 Å². The quantitative estimate of drug-likeness (QED) is 0.483. The number of anilines is 1. The molecule has 0 aliphatic rings. The molecule has 5 nitrogen and oxygen atoms in total. The zero-order chi connectivity index (χ0) is 19.1. The van der Waals surface area contributed by atoms with Crippen LogP contribution in [-0.2, 0) is 11.4 Å². The molecule has 3 aromatic rings. The van der Waals surface area contributed by atoms with Gasteiger partial charge in [0.1, 0.15) is 18.1 Å². The van der Waals surface area contributed by atoms with E-state index in [0.717, 1.165) is 16.9 Å². The average Bonchev–Trinajstić information content (AvgIpc) is 3.15. The van der Waals surface area contributed by atoms with Crippen molar-refractivity contribution in [3.8, 4) is 5.75 Å². The van der Waals surface area contributed by atoms with Crippen LogP contribution in [0.25, 0.3) is 6.08 Å². The van der Waals surface area contributed by atoms with E-state index in [1.165, 1.54) is 24.3 Å². The molecule has 0 bridgehead atoms. The molecule has 0 spiro atoms. The molecule has 0 atom stereocenters. The Hall–Kier alpha value is -3.25. The van der Waals surface area contributed by atoms with E-state index in [4.69, 9.17) is 4.74 Å². The Morgan fingerprint density at radius 1 is 1.11 bits per heavy atom. The molecule has 1 amide bonds. The Balaban J connectivity index is 1.52. The molecule has 3 rings (SSSR count). The van der Waals surface area contributed by atoms with Crippen LogP contribution in [0.5, 0.6) is 5.75 Å². The molecule has 0 radical (unpaired) electrons. The minimum absolute atomic E-state index is 0.128. The normalized spacial score (nSPS) is 10.7. The monoisotopic (exact) mass is 378 g/mol. The van der Waals surface area contributed by atoms with E-state index < -0.39 is 0 Å². The number of carbonyl (C=O) groups excluding carboxylic acids is 2. The molecule has 1 aromatic heterocycles. The van der Waals surface area contributed by atoms with E-state index in [1.807, 2.05) is 54.6 Å². The summed E-state index contributed by atoms with van der Waals surface area (Å²) in [6, 6.07) is 17.4. The van der Waals surface area contributed by atoms with Crippen molar-refractivity contribution in [2.45, 2.75) is 13.5 Å². The Morgan fingerprint density at radius 3 is 2.52 bits per heavy atom. The summed E-state index contributed by atoms with van der Waals surface area (Å²) < 4.78 is 5.74. The Bertz CT molecular complexity index is 947. The lowest BCUT2D eigenvalue weighted by molar-refractivity contribution is -0.111. The number of Topliss-reactive ketones (excluding diaryl/α,β-unsaturated/α-hetero) is 1. The van der Waals surface area contributed by atoms with E-state index in [-0.39, 0.29) is 11.7 Å². The lowest BCUT2D eigenvalue weighted by atomic mass is 10.2. The van der Waals surface area contributed by atoms with Gasteiger partial charge in [0.25, 0.3) is 0 Å². The van der Waals surface area contributed by atoms with Gasteiger partial charge in [0, 0.05) is 18.4 Å². The minimum Gasteiger partial charge on any atom is -0.489 e. The first-order chi connectivity index (χ1) is 13.1. The fourth-order valence-electron chi connectivity index (χ4n) is 2.23. The number of aromatic nitrogens is 1. The van der Waals surface area contributed by atoms with Crippen LogP contribution in [-0.4, -0.2) is 16.7 Å². The van der Waals surface area contributed by atoms with Gasteiger partial charge in [-0.2, -0.15) is 0 Å². The SMILES string of the molecule is CC(=O)c1csc(NC(=O)/C=C/c2ccc(OCc3ccccc3)cc2)n1. The maximum Gasteiger partial charge on any atom is 0.250 e. The van der Waals surface area contributed by atoms with Crippen molar-refractivity contribution < 1.29 is 14.3 Å². The van der Waals surface area contributed by atoms with Gasteiger partial charge in [-0.1, -0.05) is 42.5 Å². The molecule has 0 aliphatic heterocycles. The average molecular weight is 378 g/mol. The third kappa shape index (κ3) is 5.62. The molecule has 0 unspecified atom stereocenters. The molecule has 0 saturated carbocycles. The highest BCUT2D eigenvalue weighted by atomic mass is 32.1. The second-order valence-electron chi connectivity index (χ2n) is 5.76. The molecule has 1 heterocycles. The summed E-state index contributed by atoms with van der Waals surface area (Å²) in [7, 11) is 0. The van der Waals surface area contributed by atoms with Gasteiger partial charge in [-0.3, -0.25) is 14.9 Å². The number of amides is 1. The fourth-order valence-corrected chi connectivity index (χ4v) is 2.98. The van der Waals surface area contributed by atoms with E-state index >= 15 is 0 Å². The van der Waals surface area contributed by atoms with Gasteiger partial charge >= 0.3 is 0 Å². The topological polar surface area (TPSA) is 68.3 Å². The summed E-state index contributed by atoms with van der Waals surface area (Å²) in [5.41, 5.74) is 2.33. The van der Waals surface area contributed by atoms with Crippen LogP contribution < -0.4 is 10.1 Å². The van der Waals surface area contributed by atoms with Gasteiger partial charge in [-0.25, -0.2) is 4.98 Å². The summed E-state index contributed by atoms with van der Waals surface area (Å²) in [6.07, 6.45) is 3.13. The van der Waals surface area contributed by atoms with E-state index in [2.05, 4.69) is 10.3 Å². The molecule has 27 heavy (non-hydrogen) atoms. The number of thiazole rings is 1. The number of hydrogen-bond donors (Lipinski definition) is 1. The standard InChI is InChI=1S/C21H18N2O3S/c1-15(24)19-14-27-21(22-19)23-20(25)12-9-16-7-10-18(11-8-16)26-13-17-5-3-2-4-6-17/h2-12,14H,13H2,1H3,(H,22,23,25)/b12-9+. The zero-order valence-corrected chi connectivity index (χ0v) is 15.5. The highest BCUT2D eigenvalue weighted by molar-refractivity contribution is 7.14. The first-order valence-corrected chi connectivity index (χ1v) is 9.20. The third-order valence-corrected chi connectivity index (χ3v) is 4.41. The molecule has 2 aromatic carbocycles. The van der Waals surface area contributed by atoms with Crippen LogP contribution >= 0.6 is 11.3 Å². The second kappa shape index (κ2) is 8.91. The van der Waals surface area contributed by atoms with Gasteiger partial charge in [0.2, 0.25) is 5.91 Å². The van der Waals surface area contributed by atoms with Crippen molar-refractivity contribution >= 4 is 34.2 Å². The smallest absolute Gasteiger partial charge is 0.250 e. The van der Waals surface area contributed by atoms with E-state index in [1.54, 1.807) is 11.5 Å². The van der Waals surface area contributed by atoms with Gasteiger partial charge in [-0.05, 0) is 29.3 Å². The van der Waals surface area contributed by atoms with E-state index in [0.29, 0.717) is 17.4 Å². The number of benzene rings is 2. The molecule has 0 aliphatic carbocycles. The molecule has 0 saturated heterocycles. The predicted octanol–water partition coefficient (Wildman–Crippen LogP) is 4.58. The van der Waals surface area contributed by atoms with Crippen LogP contribution in [0.2, 0.25) is 0 Å². The Kier molecular flexibility index (Phi) is 6.12. The number of ketones is 1. The Labute approximate surface area is 161 Å². The number of ether oxygens (including phenoxy) is 1. The number of carbonyl (C=O) groups is 2. The third-order valence-electron chi connectivity index (χ3n) is 3.65. The van der Waals surface area contributed by atoms with Gasteiger partial charge in [0.05, 0.1) is 0 Å². The Morgan fingerprint density at radius 2 is 1.85 bits per heavy atom. The summed E-state index contributed by atoms with van der Waals surface area (Å²) in [4.78, 5) is 27.2. The van der Waals surface area contributed by atoms with Crippen molar-refractivity contribution in [3.05, 3.63) is 82.9 Å². The van der Waals surface area contributed by atoms with Crippen LogP contribution in [0, 0.1) is 0 Å². The highest BCUT2D eigenvalue weighted by Gasteiger charge is 2.07. The van der Waals surface area contributed by atoms with Crippen LogP contribution in [0.1, 0.15) is 28.5 Å². The van der Waals surface area contributed by atoms with Gasteiger partial charge in [-0.15, -0.1) is 11.3 Å². The summed E-state index contributed by atoms with van der Waals surface area (Å²) in [5, 5.41) is 4.67. The molecule has 1 N–H and O–H groups in total. The van der Waals surface area contributed by atoms with E-state index in [9.17, 15) is 9.59 Å². The van der Waals surface area contributed by atoms with Gasteiger partial charge in [0.15, 0.2) is 10.9 Å².